The fraction of sp³-hybridized carbons (Fsp3) is 0.476. The molecule has 150 valence electrons. The second kappa shape index (κ2) is 8.49. The molecule has 0 aliphatic carbocycles. The highest BCUT2D eigenvalue weighted by Gasteiger charge is 2.28. The normalized spacial score (nSPS) is 19.1. The molecule has 3 heterocycles. The van der Waals surface area contributed by atoms with Crippen LogP contribution in [0, 0.1) is 5.92 Å². The third-order valence-electron chi connectivity index (χ3n) is 5.59. The number of sulfonamides is 1. The number of para-hydroxylation sites is 1. The molecule has 28 heavy (non-hydrogen) atoms. The molecule has 0 radical (unpaired) electrons. The van der Waals surface area contributed by atoms with E-state index >= 15 is 0 Å². The van der Waals surface area contributed by atoms with E-state index in [1.54, 1.807) is 10.4 Å². The number of aromatic nitrogens is 1. The highest BCUT2D eigenvalue weighted by Crippen LogP contribution is 2.25. The Kier molecular flexibility index (Phi) is 5.82. The minimum absolute atomic E-state index is 0.296. The SMILES string of the molecule is O=S(=O)(c1ccc(N2CCC(COc3ccccc3)CC2)nc1)N1CCCC1. The standard InChI is InChI=1S/C21H27N3O3S/c25-28(26,24-12-4-5-13-24)20-8-9-21(22-16-20)23-14-10-18(11-15-23)17-27-19-6-2-1-3-7-19/h1-3,6-9,16,18H,4-5,10-15,17H2. The van der Waals surface area contributed by atoms with Gasteiger partial charge < -0.3 is 9.64 Å². The topological polar surface area (TPSA) is 62.7 Å². The lowest BCUT2D eigenvalue weighted by Gasteiger charge is -2.32. The molecule has 0 spiro atoms. The van der Waals surface area contributed by atoms with Crippen LogP contribution in [0.3, 0.4) is 0 Å². The number of benzene rings is 1. The molecule has 1 aromatic carbocycles. The first-order valence-electron chi connectivity index (χ1n) is 10.0. The van der Waals surface area contributed by atoms with Gasteiger partial charge in [0.1, 0.15) is 16.5 Å². The van der Waals surface area contributed by atoms with Gasteiger partial charge in [-0.1, -0.05) is 18.2 Å². The van der Waals surface area contributed by atoms with Gasteiger partial charge in [0.15, 0.2) is 0 Å². The van der Waals surface area contributed by atoms with E-state index in [4.69, 9.17) is 4.74 Å². The number of hydrogen-bond acceptors (Lipinski definition) is 5. The summed E-state index contributed by atoms with van der Waals surface area (Å²) in [7, 11) is -3.39. The second-order valence-corrected chi connectivity index (χ2v) is 9.46. The van der Waals surface area contributed by atoms with E-state index in [0.717, 1.165) is 56.9 Å². The van der Waals surface area contributed by atoms with E-state index in [1.165, 1.54) is 6.20 Å². The Morgan fingerprint density at radius 2 is 1.68 bits per heavy atom. The Balaban J connectivity index is 1.31. The summed E-state index contributed by atoms with van der Waals surface area (Å²) in [4.78, 5) is 6.97. The molecule has 0 atom stereocenters. The molecular formula is C21H27N3O3S. The fourth-order valence-corrected chi connectivity index (χ4v) is 5.31. The van der Waals surface area contributed by atoms with Crippen molar-refractivity contribution in [3.63, 3.8) is 0 Å². The van der Waals surface area contributed by atoms with Gasteiger partial charge in [0, 0.05) is 32.4 Å². The van der Waals surface area contributed by atoms with Crippen molar-refractivity contribution in [2.24, 2.45) is 5.92 Å². The third kappa shape index (κ3) is 4.31. The number of rotatable bonds is 6. The Bertz CT molecular complexity index is 858. The van der Waals surface area contributed by atoms with Gasteiger partial charge in [0.05, 0.1) is 6.61 Å². The van der Waals surface area contributed by atoms with Crippen molar-refractivity contribution in [2.75, 3.05) is 37.7 Å². The number of hydrogen-bond donors (Lipinski definition) is 0. The van der Waals surface area contributed by atoms with Crippen molar-refractivity contribution in [3.05, 3.63) is 48.7 Å². The molecule has 2 aromatic rings. The van der Waals surface area contributed by atoms with Crippen LogP contribution in [0.4, 0.5) is 5.82 Å². The van der Waals surface area contributed by atoms with E-state index < -0.39 is 10.0 Å². The van der Waals surface area contributed by atoms with Gasteiger partial charge >= 0.3 is 0 Å². The van der Waals surface area contributed by atoms with Crippen LogP contribution in [0.15, 0.2) is 53.6 Å². The van der Waals surface area contributed by atoms with E-state index in [-0.39, 0.29) is 0 Å². The van der Waals surface area contributed by atoms with Crippen molar-refractivity contribution in [1.82, 2.24) is 9.29 Å². The van der Waals surface area contributed by atoms with Crippen LogP contribution in [0.5, 0.6) is 5.75 Å². The molecule has 2 fully saturated rings. The Hall–Kier alpha value is -2.12. The smallest absolute Gasteiger partial charge is 0.244 e. The van der Waals surface area contributed by atoms with Crippen LogP contribution in [0.2, 0.25) is 0 Å². The number of piperidine rings is 1. The zero-order chi connectivity index (χ0) is 19.4. The van der Waals surface area contributed by atoms with Crippen LogP contribution >= 0.6 is 0 Å². The monoisotopic (exact) mass is 401 g/mol. The van der Waals surface area contributed by atoms with Crippen LogP contribution in [0.1, 0.15) is 25.7 Å². The molecule has 0 bridgehead atoms. The predicted octanol–water partition coefficient (Wildman–Crippen LogP) is 3.16. The lowest BCUT2D eigenvalue weighted by molar-refractivity contribution is 0.222. The van der Waals surface area contributed by atoms with Crippen LogP contribution in [-0.2, 0) is 10.0 Å². The third-order valence-corrected chi connectivity index (χ3v) is 7.47. The van der Waals surface area contributed by atoms with Crippen molar-refractivity contribution >= 4 is 15.8 Å². The van der Waals surface area contributed by atoms with Crippen molar-refractivity contribution in [1.29, 1.82) is 0 Å². The molecule has 4 rings (SSSR count). The fourth-order valence-electron chi connectivity index (χ4n) is 3.85. The summed E-state index contributed by atoms with van der Waals surface area (Å²) < 4.78 is 32.7. The Labute approximate surface area is 167 Å². The average Bonchev–Trinajstić information content (AvgIpc) is 3.29. The number of anilines is 1. The lowest BCUT2D eigenvalue weighted by Crippen LogP contribution is -2.36. The van der Waals surface area contributed by atoms with Gasteiger partial charge in [-0.15, -0.1) is 0 Å². The Morgan fingerprint density at radius 3 is 2.32 bits per heavy atom. The molecular weight excluding hydrogens is 374 g/mol. The van der Waals surface area contributed by atoms with Crippen LogP contribution < -0.4 is 9.64 Å². The lowest BCUT2D eigenvalue weighted by atomic mass is 9.98. The molecule has 0 N–H and O–H groups in total. The van der Waals surface area contributed by atoms with Crippen LogP contribution in [-0.4, -0.2) is 50.5 Å². The summed E-state index contributed by atoms with van der Waals surface area (Å²) in [5.41, 5.74) is 0. The van der Waals surface area contributed by atoms with Gasteiger partial charge in [-0.25, -0.2) is 13.4 Å². The number of ether oxygens (including phenoxy) is 1. The maximum atomic E-state index is 12.6. The van der Waals surface area contributed by atoms with Gasteiger partial charge in [-0.2, -0.15) is 4.31 Å². The molecule has 2 aliphatic heterocycles. The first-order valence-corrected chi connectivity index (χ1v) is 11.5. The zero-order valence-electron chi connectivity index (χ0n) is 16.0. The minimum atomic E-state index is -3.39. The van der Waals surface area contributed by atoms with E-state index in [1.807, 2.05) is 36.4 Å². The molecule has 0 saturated carbocycles. The number of nitrogens with zero attached hydrogens (tertiary/aromatic N) is 3. The van der Waals surface area contributed by atoms with Gasteiger partial charge in [0.25, 0.3) is 0 Å². The largest absolute Gasteiger partial charge is 0.493 e. The predicted molar refractivity (Wildman–Crippen MR) is 109 cm³/mol. The van der Waals surface area contributed by atoms with E-state index in [2.05, 4.69) is 9.88 Å². The molecule has 0 unspecified atom stereocenters. The van der Waals surface area contributed by atoms with E-state index in [0.29, 0.717) is 23.9 Å². The number of pyridine rings is 1. The van der Waals surface area contributed by atoms with Gasteiger partial charge in [-0.05, 0) is 55.9 Å². The highest BCUT2D eigenvalue weighted by atomic mass is 32.2. The molecule has 1 aromatic heterocycles. The summed E-state index contributed by atoms with van der Waals surface area (Å²) in [6.45, 7) is 3.78. The summed E-state index contributed by atoms with van der Waals surface area (Å²) >= 11 is 0. The van der Waals surface area contributed by atoms with E-state index in [9.17, 15) is 8.42 Å². The molecule has 2 saturated heterocycles. The maximum Gasteiger partial charge on any atom is 0.244 e. The van der Waals surface area contributed by atoms with Gasteiger partial charge in [-0.3, -0.25) is 0 Å². The quantitative estimate of drug-likeness (QED) is 0.744. The first-order chi connectivity index (χ1) is 13.6. The molecule has 2 aliphatic rings. The second-order valence-electron chi connectivity index (χ2n) is 7.52. The van der Waals surface area contributed by atoms with Crippen molar-refractivity contribution < 1.29 is 13.2 Å². The van der Waals surface area contributed by atoms with Gasteiger partial charge in [0.2, 0.25) is 10.0 Å². The minimum Gasteiger partial charge on any atom is -0.493 e. The van der Waals surface area contributed by atoms with Crippen molar-refractivity contribution in [2.45, 2.75) is 30.6 Å². The average molecular weight is 402 g/mol. The summed E-state index contributed by atoms with van der Waals surface area (Å²) in [5.74, 6) is 2.30. The molecule has 6 nitrogen and oxygen atoms in total. The maximum absolute atomic E-state index is 12.6. The molecule has 0 amide bonds. The Morgan fingerprint density at radius 1 is 0.964 bits per heavy atom. The molecule has 7 heteroatoms. The summed E-state index contributed by atoms with van der Waals surface area (Å²) in [6.07, 6.45) is 5.47. The summed E-state index contributed by atoms with van der Waals surface area (Å²) in [6, 6.07) is 13.5. The first kappa shape index (κ1) is 19.2. The van der Waals surface area contributed by atoms with Crippen molar-refractivity contribution in [3.8, 4) is 5.75 Å². The summed E-state index contributed by atoms with van der Waals surface area (Å²) in [5, 5.41) is 0. The highest BCUT2D eigenvalue weighted by molar-refractivity contribution is 7.89. The van der Waals surface area contributed by atoms with Crippen LogP contribution in [0.25, 0.3) is 0 Å². The zero-order valence-corrected chi connectivity index (χ0v) is 16.9.